The summed E-state index contributed by atoms with van der Waals surface area (Å²) in [4.78, 5) is 8.66. The van der Waals surface area contributed by atoms with Crippen LogP contribution in [0.4, 0.5) is 0 Å². The molecule has 2 heterocycles. The molecule has 0 saturated carbocycles. The first kappa shape index (κ1) is 21.8. The highest BCUT2D eigenvalue weighted by Crippen LogP contribution is 2.24. The highest BCUT2D eigenvalue weighted by atomic mass is 127. The number of fused-ring (bicyclic) bond motifs is 1. The summed E-state index contributed by atoms with van der Waals surface area (Å²) in [6.07, 6.45) is 3.21. The Morgan fingerprint density at radius 3 is 2.60 bits per heavy atom. The standard InChI is InChI=1S/C22H24N6O.HI/c1-3-24-22(26-13-21-16(2)19-6-4-5-7-20(19)29-21)25-12-17-8-10-18(11-9-17)28-15-23-14-27-28;/h4-11,14-15H,3,12-13H2,1-2H3,(H2,24,25,26);1H. The Kier molecular flexibility index (Phi) is 7.45. The highest BCUT2D eigenvalue weighted by Gasteiger charge is 2.10. The molecule has 0 aliphatic carbocycles. The van der Waals surface area contributed by atoms with Crippen molar-refractivity contribution in [2.45, 2.75) is 26.9 Å². The van der Waals surface area contributed by atoms with Crippen molar-refractivity contribution in [1.82, 2.24) is 25.4 Å². The number of aliphatic imine (C=N–C) groups is 1. The molecular formula is C22H25IN6O. The molecule has 0 radical (unpaired) electrons. The summed E-state index contributed by atoms with van der Waals surface area (Å²) in [6, 6.07) is 16.2. The lowest BCUT2D eigenvalue weighted by molar-refractivity contribution is 0.534. The largest absolute Gasteiger partial charge is 0.459 e. The molecule has 0 aliphatic rings. The Labute approximate surface area is 192 Å². The van der Waals surface area contributed by atoms with Gasteiger partial charge in [-0.3, -0.25) is 0 Å². The van der Waals surface area contributed by atoms with Crippen molar-refractivity contribution in [2.75, 3.05) is 6.54 Å². The number of guanidine groups is 1. The third-order valence-corrected chi connectivity index (χ3v) is 4.74. The number of halogens is 1. The summed E-state index contributed by atoms with van der Waals surface area (Å²) in [5, 5.41) is 11.9. The molecule has 4 aromatic rings. The summed E-state index contributed by atoms with van der Waals surface area (Å²) in [5.41, 5.74) is 4.16. The van der Waals surface area contributed by atoms with Crippen LogP contribution in [0.25, 0.3) is 16.7 Å². The van der Waals surface area contributed by atoms with Gasteiger partial charge in [-0.1, -0.05) is 30.3 Å². The molecule has 0 bridgehead atoms. The molecule has 0 aliphatic heterocycles. The Hall–Kier alpha value is -2.88. The monoisotopic (exact) mass is 516 g/mol. The third-order valence-electron chi connectivity index (χ3n) is 4.74. The Morgan fingerprint density at radius 2 is 1.90 bits per heavy atom. The predicted molar refractivity (Wildman–Crippen MR) is 129 cm³/mol. The van der Waals surface area contributed by atoms with Crippen molar-refractivity contribution >= 4 is 40.9 Å². The number of rotatable bonds is 6. The maximum atomic E-state index is 5.98. The zero-order chi connectivity index (χ0) is 20.1. The van der Waals surface area contributed by atoms with Gasteiger partial charge < -0.3 is 15.1 Å². The molecule has 0 fully saturated rings. The van der Waals surface area contributed by atoms with Crippen LogP contribution in [0, 0.1) is 6.92 Å². The summed E-state index contributed by atoms with van der Waals surface area (Å²) < 4.78 is 7.71. The smallest absolute Gasteiger partial charge is 0.191 e. The predicted octanol–water partition coefficient (Wildman–Crippen LogP) is 4.20. The molecule has 0 unspecified atom stereocenters. The first-order valence-corrected chi connectivity index (χ1v) is 9.67. The van der Waals surface area contributed by atoms with Gasteiger partial charge in [-0.25, -0.2) is 14.7 Å². The van der Waals surface area contributed by atoms with Gasteiger partial charge in [0.2, 0.25) is 0 Å². The molecule has 0 amide bonds. The average molecular weight is 516 g/mol. The number of nitrogens with one attached hydrogen (secondary N) is 2. The number of aryl methyl sites for hydroxylation is 1. The van der Waals surface area contributed by atoms with E-state index in [-0.39, 0.29) is 24.0 Å². The van der Waals surface area contributed by atoms with Crippen molar-refractivity contribution in [3.05, 3.63) is 78.1 Å². The van der Waals surface area contributed by atoms with Crippen LogP contribution in [0.15, 0.2) is 70.6 Å². The van der Waals surface area contributed by atoms with Crippen LogP contribution < -0.4 is 10.6 Å². The number of aromatic nitrogens is 3. The molecule has 0 atom stereocenters. The molecule has 30 heavy (non-hydrogen) atoms. The fourth-order valence-electron chi connectivity index (χ4n) is 3.17. The number of nitrogens with zero attached hydrogens (tertiary/aromatic N) is 4. The minimum atomic E-state index is 0. The van der Waals surface area contributed by atoms with Crippen LogP contribution in [-0.4, -0.2) is 27.3 Å². The second kappa shape index (κ2) is 10.2. The van der Waals surface area contributed by atoms with Gasteiger partial charge in [-0.15, -0.1) is 24.0 Å². The van der Waals surface area contributed by atoms with E-state index in [1.807, 2.05) is 42.5 Å². The topological polar surface area (TPSA) is 80.3 Å². The number of hydrogen-bond acceptors (Lipinski definition) is 4. The normalized spacial score (nSPS) is 11.3. The summed E-state index contributed by atoms with van der Waals surface area (Å²) >= 11 is 0. The van der Waals surface area contributed by atoms with Crippen LogP contribution in [0.1, 0.15) is 23.8 Å². The summed E-state index contributed by atoms with van der Waals surface area (Å²) in [6.45, 7) is 6.08. The minimum Gasteiger partial charge on any atom is -0.459 e. The van der Waals surface area contributed by atoms with E-state index in [1.165, 1.54) is 6.33 Å². The molecule has 156 valence electrons. The zero-order valence-electron chi connectivity index (χ0n) is 17.0. The SMILES string of the molecule is CCNC(=NCc1ccc(-n2cncn2)cc1)NCc1oc2ccccc2c1C.I. The third kappa shape index (κ3) is 4.99. The Morgan fingerprint density at radius 1 is 1.10 bits per heavy atom. The second-order valence-electron chi connectivity index (χ2n) is 6.70. The average Bonchev–Trinajstić information content (AvgIpc) is 3.39. The van der Waals surface area contributed by atoms with Gasteiger partial charge in [-0.05, 0) is 37.6 Å². The molecule has 2 aromatic carbocycles. The number of furan rings is 1. The summed E-state index contributed by atoms with van der Waals surface area (Å²) in [7, 11) is 0. The van der Waals surface area contributed by atoms with Crippen molar-refractivity contribution < 1.29 is 4.42 Å². The van der Waals surface area contributed by atoms with Crippen molar-refractivity contribution in [3.8, 4) is 5.69 Å². The Balaban J connectivity index is 0.00000256. The quantitative estimate of drug-likeness (QED) is 0.228. The van der Waals surface area contributed by atoms with E-state index in [4.69, 9.17) is 9.41 Å². The fraction of sp³-hybridized carbons (Fsp3) is 0.227. The van der Waals surface area contributed by atoms with Gasteiger partial charge in [-0.2, -0.15) is 5.10 Å². The lowest BCUT2D eigenvalue weighted by Gasteiger charge is -2.11. The minimum absolute atomic E-state index is 0. The molecule has 0 saturated heterocycles. The van der Waals surface area contributed by atoms with E-state index < -0.39 is 0 Å². The van der Waals surface area contributed by atoms with Crippen LogP contribution in [0.5, 0.6) is 0 Å². The molecule has 0 spiro atoms. The van der Waals surface area contributed by atoms with E-state index in [0.717, 1.165) is 46.0 Å². The lowest BCUT2D eigenvalue weighted by Crippen LogP contribution is -2.36. The molecule has 2 N–H and O–H groups in total. The first-order valence-electron chi connectivity index (χ1n) is 9.67. The van der Waals surface area contributed by atoms with E-state index in [9.17, 15) is 0 Å². The Bertz CT molecular complexity index is 1100. The van der Waals surface area contributed by atoms with Crippen molar-refractivity contribution in [3.63, 3.8) is 0 Å². The van der Waals surface area contributed by atoms with Crippen molar-refractivity contribution in [1.29, 1.82) is 0 Å². The van der Waals surface area contributed by atoms with Crippen LogP contribution in [0.3, 0.4) is 0 Å². The summed E-state index contributed by atoms with van der Waals surface area (Å²) in [5.74, 6) is 1.68. The van der Waals surface area contributed by atoms with E-state index in [1.54, 1.807) is 11.0 Å². The van der Waals surface area contributed by atoms with Crippen LogP contribution in [0.2, 0.25) is 0 Å². The fourth-order valence-corrected chi connectivity index (χ4v) is 3.17. The first-order chi connectivity index (χ1) is 14.2. The second-order valence-corrected chi connectivity index (χ2v) is 6.70. The maximum absolute atomic E-state index is 5.98. The van der Waals surface area contributed by atoms with Gasteiger partial charge in [0.05, 0.1) is 18.8 Å². The van der Waals surface area contributed by atoms with Crippen LogP contribution in [-0.2, 0) is 13.1 Å². The van der Waals surface area contributed by atoms with Gasteiger partial charge in [0, 0.05) is 17.5 Å². The number of benzene rings is 2. The zero-order valence-corrected chi connectivity index (χ0v) is 19.3. The highest BCUT2D eigenvalue weighted by molar-refractivity contribution is 14.0. The van der Waals surface area contributed by atoms with Gasteiger partial charge in [0.25, 0.3) is 0 Å². The van der Waals surface area contributed by atoms with E-state index >= 15 is 0 Å². The van der Waals surface area contributed by atoms with Crippen LogP contribution >= 0.6 is 24.0 Å². The van der Waals surface area contributed by atoms with Gasteiger partial charge in [0.1, 0.15) is 24.0 Å². The molecule has 8 heteroatoms. The molecule has 7 nitrogen and oxygen atoms in total. The molecule has 4 rings (SSSR count). The molecule has 2 aromatic heterocycles. The lowest BCUT2D eigenvalue weighted by atomic mass is 10.1. The van der Waals surface area contributed by atoms with Gasteiger partial charge in [0.15, 0.2) is 5.96 Å². The number of para-hydroxylation sites is 1. The van der Waals surface area contributed by atoms with E-state index in [2.05, 4.69) is 40.6 Å². The van der Waals surface area contributed by atoms with E-state index in [0.29, 0.717) is 13.1 Å². The van der Waals surface area contributed by atoms with Crippen molar-refractivity contribution in [2.24, 2.45) is 4.99 Å². The maximum Gasteiger partial charge on any atom is 0.191 e. The molecular weight excluding hydrogens is 491 g/mol. The number of hydrogen-bond donors (Lipinski definition) is 2. The van der Waals surface area contributed by atoms with Gasteiger partial charge >= 0.3 is 0 Å².